The first-order valence-electron chi connectivity index (χ1n) is 10.6. The molecule has 0 saturated carbocycles. The highest BCUT2D eigenvalue weighted by Gasteiger charge is 2.32. The molecule has 1 saturated heterocycles. The number of sulfonamides is 1. The molecular weight excluding hydrogens is 430 g/mol. The Morgan fingerprint density at radius 2 is 1.66 bits per heavy atom. The number of aromatic nitrogens is 2. The van der Waals surface area contributed by atoms with Crippen molar-refractivity contribution < 1.29 is 18.0 Å². The summed E-state index contributed by atoms with van der Waals surface area (Å²) < 4.78 is 28.3. The number of hydrogen-bond acceptors (Lipinski definition) is 6. The second kappa shape index (κ2) is 10.2. The molecule has 0 aliphatic carbocycles. The van der Waals surface area contributed by atoms with Crippen LogP contribution in [0.2, 0.25) is 0 Å². The molecule has 2 heterocycles. The topological polar surface area (TPSA) is 113 Å². The van der Waals surface area contributed by atoms with Gasteiger partial charge in [-0.25, -0.2) is 13.4 Å². The lowest BCUT2D eigenvalue weighted by molar-refractivity contribution is -0.134. The van der Waals surface area contributed by atoms with Crippen molar-refractivity contribution in [3.05, 3.63) is 54.1 Å². The standard InChI is InChI=1S/C22H29N5O4S/c1-16(2)14-19(25-32(30,31)18-6-4-17(3)5-7-18)21(28)26-10-12-27(13-11-26)22(29)20-15-23-8-9-24-20/h4-9,15-16,19,25H,10-14H2,1-3H3. The van der Waals surface area contributed by atoms with E-state index >= 15 is 0 Å². The molecule has 1 unspecified atom stereocenters. The zero-order valence-corrected chi connectivity index (χ0v) is 19.4. The van der Waals surface area contributed by atoms with Gasteiger partial charge in [0.25, 0.3) is 5.91 Å². The average Bonchev–Trinajstić information content (AvgIpc) is 2.78. The van der Waals surface area contributed by atoms with Crippen LogP contribution >= 0.6 is 0 Å². The number of aryl methyl sites for hydroxylation is 1. The lowest BCUT2D eigenvalue weighted by Gasteiger charge is -2.36. The minimum absolute atomic E-state index is 0.115. The van der Waals surface area contributed by atoms with Crippen LogP contribution in [0.3, 0.4) is 0 Å². The maximum absolute atomic E-state index is 13.2. The van der Waals surface area contributed by atoms with Crippen LogP contribution in [0.15, 0.2) is 47.8 Å². The SMILES string of the molecule is Cc1ccc(S(=O)(=O)NC(CC(C)C)C(=O)N2CCN(C(=O)c3cnccn3)CC2)cc1. The fourth-order valence-corrected chi connectivity index (χ4v) is 4.77. The van der Waals surface area contributed by atoms with Gasteiger partial charge in [-0.3, -0.25) is 14.6 Å². The second-order valence-corrected chi connectivity index (χ2v) is 10.0. The summed E-state index contributed by atoms with van der Waals surface area (Å²) in [5, 5.41) is 0. The number of carbonyl (C=O) groups excluding carboxylic acids is 2. The summed E-state index contributed by atoms with van der Waals surface area (Å²) >= 11 is 0. The number of rotatable bonds is 7. The molecule has 2 aromatic rings. The monoisotopic (exact) mass is 459 g/mol. The smallest absolute Gasteiger partial charge is 0.274 e. The molecule has 10 heteroatoms. The van der Waals surface area contributed by atoms with Crippen LogP contribution in [0.4, 0.5) is 0 Å². The van der Waals surface area contributed by atoms with Gasteiger partial charge < -0.3 is 9.80 Å². The maximum Gasteiger partial charge on any atom is 0.274 e. The van der Waals surface area contributed by atoms with Crippen molar-refractivity contribution in [2.45, 2.75) is 38.1 Å². The molecule has 0 bridgehead atoms. The Labute approximate surface area is 188 Å². The second-order valence-electron chi connectivity index (χ2n) is 8.32. The zero-order valence-electron chi connectivity index (χ0n) is 18.6. The largest absolute Gasteiger partial charge is 0.338 e. The predicted molar refractivity (Wildman–Crippen MR) is 119 cm³/mol. The van der Waals surface area contributed by atoms with Gasteiger partial charge in [0.15, 0.2) is 0 Å². The summed E-state index contributed by atoms with van der Waals surface area (Å²) in [6.07, 6.45) is 4.75. The van der Waals surface area contributed by atoms with E-state index in [0.29, 0.717) is 32.6 Å². The molecule has 1 aromatic carbocycles. The Morgan fingerprint density at radius 3 is 2.22 bits per heavy atom. The molecule has 1 aliphatic heterocycles. The summed E-state index contributed by atoms with van der Waals surface area (Å²) in [6, 6.07) is 5.64. The van der Waals surface area contributed by atoms with Gasteiger partial charge >= 0.3 is 0 Å². The van der Waals surface area contributed by atoms with Gasteiger partial charge in [0, 0.05) is 38.6 Å². The van der Waals surface area contributed by atoms with Crippen LogP contribution in [0.1, 0.15) is 36.3 Å². The number of benzene rings is 1. The third-order valence-corrected chi connectivity index (χ3v) is 6.78. The Bertz CT molecular complexity index is 1030. The molecule has 9 nitrogen and oxygen atoms in total. The van der Waals surface area contributed by atoms with Gasteiger partial charge in [0.05, 0.1) is 11.1 Å². The van der Waals surface area contributed by atoms with E-state index in [2.05, 4.69) is 14.7 Å². The van der Waals surface area contributed by atoms with Crippen molar-refractivity contribution in [2.24, 2.45) is 5.92 Å². The number of nitrogens with one attached hydrogen (secondary N) is 1. The molecule has 1 aromatic heterocycles. The fraction of sp³-hybridized carbons (Fsp3) is 0.455. The molecule has 0 radical (unpaired) electrons. The van der Waals surface area contributed by atoms with Crippen LogP contribution in [0.25, 0.3) is 0 Å². The zero-order chi connectivity index (χ0) is 23.3. The van der Waals surface area contributed by atoms with Crippen molar-refractivity contribution in [3.63, 3.8) is 0 Å². The van der Waals surface area contributed by atoms with E-state index in [1.165, 1.54) is 30.7 Å². The van der Waals surface area contributed by atoms with E-state index in [0.717, 1.165) is 5.56 Å². The van der Waals surface area contributed by atoms with Crippen LogP contribution in [0, 0.1) is 12.8 Å². The van der Waals surface area contributed by atoms with Crippen molar-refractivity contribution in [1.29, 1.82) is 0 Å². The van der Waals surface area contributed by atoms with E-state index < -0.39 is 16.1 Å². The van der Waals surface area contributed by atoms with Gasteiger partial charge in [0.2, 0.25) is 15.9 Å². The highest BCUT2D eigenvalue weighted by molar-refractivity contribution is 7.89. The van der Waals surface area contributed by atoms with Crippen molar-refractivity contribution >= 4 is 21.8 Å². The minimum Gasteiger partial charge on any atom is -0.338 e. The van der Waals surface area contributed by atoms with E-state index in [9.17, 15) is 18.0 Å². The summed E-state index contributed by atoms with van der Waals surface area (Å²) in [5.74, 6) is -0.394. The first-order valence-corrected chi connectivity index (χ1v) is 12.1. The molecule has 32 heavy (non-hydrogen) atoms. The summed E-state index contributed by atoms with van der Waals surface area (Å²) in [5.41, 5.74) is 1.21. The maximum atomic E-state index is 13.2. The number of carbonyl (C=O) groups is 2. The quantitative estimate of drug-likeness (QED) is 0.671. The number of hydrogen-bond donors (Lipinski definition) is 1. The van der Waals surface area contributed by atoms with E-state index in [1.807, 2.05) is 20.8 Å². The van der Waals surface area contributed by atoms with E-state index in [4.69, 9.17) is 0 Å². The van der Waals surface area contributed by atoms with Crippen molar-refractivity contribution in [3.8, 4) is 0 Å². The van der Waals surface area contributed by atoms with Gasteiger partial charge in [-0.1, -0.05) is 31.5 Å². The highest BCUT2D eigenvalue weighted by Crippen LogP contribution is 2.16. The van der Waals surface area contributed by atoms with Crippen LogP contribution in [0.5, 0.6) is 0 Å². The molecule has 2 amide bonds. The lowest BCUT2D eigenvalue weighted by atomic mass is 10.0. The van der Waals surface area contributed by atoms with E-state index in [-0.39, 0.29) is 28.3 Å². The molecule has 172 valence electrons. The fourth-order valence-electron chi connectivity index (χ4n) is 3.57. The summed E-state index contributed by atoms with van der Waals surface area (Å²) in [7, 11) is -3.84. The number of amides is 2. The molecule has 1 fully saturated rings. The van der Waals surface area contributed by atoms with Crippen LogP contribution in [-0.2, 0) is 14.8 Å². The first-order chi connectivity index (χ1) is 15.2. The van der Waals surface area contributed by atoms with Crippen LogP contribution < -0.4 is 4.72 Å². The molecular formula is C22H29N5O4S. The molecule has 1 atom stereocenters. The average molecular weight is 460 g/mol. The van der Waals surface area contributed by atoms with Gasteiger partial charge in [-0.05, 0) is 31.4 Å². The summed E-state index contributed by atoms with van der Waals surface area (Å²) in [4.78, 5) is 37.1. The number of nitrogens with zero attached hydrogens (tertiary/aromatic N) is 4. The molecule has 0 spiro atoms. The third-order valence-electron chi connectivity index (χ3n) is 5.29. The molecule has 3 rings (SSSR count). The minimum atomic E-state index is -3.84. The summed E-state index contributed by atoms with van der Waals surface area (Å²) in [6.45, 7) is 7.11. The Kier molecular flexibility index (Phi) is 7.57. The Hall–Kier alpha value is -2.85. The normalized spacial score (nSPS) is 15.6. The van der Waals surface area contributed by atoms with Crippen LogP contribution in [-0.4, -0.2) is 72.2 Å². The van der Waals surface area contributed by atoms with E-state index in [1.54, 1.807) is 21.9 Å². The van der Waals surface area contributed by atoms with Gasteiger partial charge in [-0.15, -0.1) is 0 Å². The van der Waals surface area contributed by atoms with Gasteiger partial charge in [-0.2, -0.15) is 4.72 Å². The third kappa shape index (κ3) is 5.89. The number of piperazine rings is 1. The van der Waals surface area contributed by atoms with Gasteiger partial charge in [0.1, 0.15) is 11.7 Å². The molecule has 1 N–H and O–H groups in total. The highest BCUT2D eigenvalue weighted by atomic mass is 32.2. The Balaban J connectivity index is 1.67. The lowest BCUT2D eigenvalue weighted by Crippen LogP contribution is -2.56. The van der Waals surface area contributed by atoms with Crippen molar-refractivity contribution in [1.82, 2.24) is 24.5 Å². The first kappa shape index (κ1) is 23.8. The molecule has 1 aliphatic rings. The predicted octanol–water partition coefficient (Wildman–Crippen LogP) is 1.46. The Morgan fingerprint density at radius 1 is 1.03 bits per heavy atom. The van der Waals surface area contributed by atoms with Crippen molar-refractivity contribution in [2.75, 3.05) is 26.2 Å².